The van der Waals surface area contributed by atoms with Crippen molar-refractivity contribution in [2.75, 3.05) is 4.90 Å². The minimum absolute atomic E-state index is 0.0128. The molecule has 0 spiro atoms. The molecule has 1 fully saturated rings. The van der Waals surface area contributed by atoms with Crippen LogP contribution in [0.15, 0.2) is 18.2 Å². The zero-order chi connectivity index (χ0) is 15.7. The second-order valence-corrected chi connectivity index (χ2v) is 6.28. The first-order chi connectivity index (χ1) is 9.86. The summed E-state index contributed by atoms with van der Waals surface area (Å²) in [6.45, 7) is 5.69. The SMILES string of the molecule is CCC1NC(=O)C(C(C)C)N(c2ccc(Cl)c(Cl)c2)C1=O. The summed E-state index contributed by atoms with van der Waals surface area (Å²) in [5, 5.41) is 3.57. The lowest BCUT2D eigenvalue weighted by Gasteiger charge is -2.40. The van der Waals surface area contributed by atoms with Crippen LogP contribution in [0.2, 0.25) is 10.0 Å². The van der Waals surface area contributed by atoms with Gasteiger partial charge in [0.05, 0.1) is 10.0 Å². The van der Waals surface area contributed by atoms with Gasteiger partial charge in [0.2, 0.25) is 11.8 Å². The molecule has 2 atom stereocenters. The summed E-state index contributed by atoms with van der Waals surface area (Å²) in [7, 11) is 0. The van der Waals surface area contributed by atoms with Gasteiger partial charge < -0.3 is 5.32 Å². The molecule has 114 valence electrons. The van der Waals surface area contributed by atoms with Crippen molar-refractivity contribution in [2.24, 2.45) is 5.92 Å². The van der Waals surface area contributed by atoms with E-state index in [9.17, 15) is 9.59 Å². The van der Waals surface area contributed by atoms with Crippen LogP contribution in [0.25, 0.3) is 0 Å². The molecule has 1 N–H and O–H groups in total. The van der Waals surface area contributed by atoms with Crippen molar-refractivity contribution in [1.82, 2.24) is 5.32 Å². The van der Waals surface area contributed by atoms with Crippen LogP contribution in [0.1, 0.15) is 27.2 Å². The number of carbonyl (C=O) groups excluding carboxylic acids is 2. The Morgan fingerprint density at radius 3 is 2.43 bits per heavy atom. The Morgan fingerprint density at radius 2 is 1.90 bits per heavy atom. The van der Waals surface area contributed by atoms with E-state index in [1.807, 2.05) is 20.8 Å². The first kappa shape index (κ1) is 16.1. The smallest absolute Gasteiger partial charge is 0.250 e. The second kappa shape index (κ2) is 6.24. The molecule has 0 bridgehead atoms. The molecule has 1 aliphatic rings. The van der Waals surface area contributed by atoms with Gasteiger partial charge in [-0.3, -0.25) is 14.5 Å². The molecule has 1 aliphatic heterocycles. The molecular weight excluding hydrogens is 311 g/mol. The van der Waals surface area contributed by atoms with Gasteiger partial charge in [-0.1, -0.05) is 44.0 Å². The predicted molar refractivity (Wildman–Crippen MR) is 84.8 cm³/mol. The number of nitrogens with zero attached hydrogens (tertiary/aromatic N) is 1. The highest BCUT2D eigenvalue weighted by Crippen LogP contribution is 2.31. The topological polar surface area (TPSA) is 49.4 Å². The number of carbonyl (C=O) groups is 2. The number of anilines is 1. The molecule has 1 aromatic rings. The molecule has 1 heterocycles. The van der Waals surface area contributed by atoms with Gasteiger partial charge in [-0.05, 0) is 30.5 Å². The van der Waals surface area contributed by atoms with E-state index in [-0.39, 0.29) is 17.7 Å². The lowest BCUT2D eigenvalue weighted by atomic mass is 9.95. The van der Waals surface area contributed by atoms with E-state index in [1.165, 1.54) is 0 Å². The fourth-order valence-electron chi connectivity index (χ4n) is 2.54. The number of amides is 2. The highest BCUT2D eigenvalue weighted by atomic mass is 35.5. The molecule has 2 amide bonds. The second-order valence-electron chi connectivity index (χ2n) is 5.46. The Morgan fingerprint density at radius 1 is 1.24 bits per heavy atom. The summed E-state index contributed by atoms with van der Waals surface area (Å²) in [6.07, 6.45) is 0.549. The van der Waals surface area contributed by atoms with Crippen LogP contribution in [0.5, 0.6) is 0 Å². The lowest BCUT2D eigenvalue weighted by Crippen LogP contribution is -2.65. The van der Waals surface area contributed by atoms with Crippen molar-refractivity contribution in [3.05, 3.63) is 28.2 Å². The van der Waals surface area contributed by atoms with Crippen LogP contribution in [-0.4, -0.2) is 23.9 Å². The Bertz CT molecular complexity index is 575. The van der Waals surface area contributed by atoms with Crippen molar-refractivity contribution in [1.29, 1.82) is 0 Å². The van der Waals surface area contributed by atoms with Crippen molar-refractivity contribution in [2.45, 2.75) is 39.3 Å². The molecule has 4 nitrogen and oxygen atoms in total. The van der Waals surface area contributed by atoms with E-state index in [1.54, 1.807) is 23.1 Å². The van der Waals surface area contributed by atoms with E-state index in [2.05, 4.69) is 5.32 Å². The van der Waals surface area contributed by atoms with E-state index < -0.39 is 12.1 Å². The average Bonchev–Trinajstić information content (AvgIpc) is 2.43. The zero-order valence-electron chi connectivity index (χ0n) is 12.2. The van der Waals surface area contributed by atoms with Crippen LogP contribution < -0.4 is 10.2 Å². The van der Waals surface area contributed by atoms with E-state index in [0.717, 1.165) is 0 Å². The number of halogens is 2. The molecule has 0 aromatic heterocycles. The third-order valence-corrected chi connectivity index (χ3v) is 4.36. The van der Waals surface area contributed by atoms with Gasteiger partial charge >= 0.3 is 0 Å². The van der Waals surface area contributed by atoms with Gasteiger partial charge in [0.15, 0.2) is 0 Å². The summed E-state index contributed by atoms with van der Waals surface area (Å²) in [4.78, 5) is 26.5. The summed E-state index contributed by atoms with van der Waals surface area (Å²) >= 11 is 12.0. The molecule has 1 aromatic carbocycles. The molecule has 2 unspecified atom stereocenters. The van der Waals surface area contributed by atoms with Crippen LogP contribution in [0.4, 0.5) is 5.69 Å². The Labute approximate surface area is 134 Å². The number of nitrogens with one attached hydrogen (secondary N) is 1. The summed E-state index contributed by atoms with van der Waals surface area (Å²) in [5.74, 6) is -0.266. The largest absolute Gasteiger partial charge is 0.342 e. The van der Waals surface area contributed by atoms with E-state index in [4.69, 9.17) is 23.2 Å². The molecule has 0 aliphatic carbocycles. The number of benzene rings is 1. The van der Waals surface area contributed by atoms with Gasteiger partial charge in [-0.15, -0.1) is 0 Å². The number of hydrogen-bond acceptors (Lipinski definition) is 2. The van der Waals surface area contributed by atoms with Crippen LogP contribution in [0, 0.1) is 5.92 Å². The Hall–Kier alpha value is -1.26. The predicted octanol–water partition coefficient (Wildman–Crippen LogP) is 3.26. The number of piperazine rings is 1. The maximum absolute atomic E-state index is 12.6. The van der Waals surface area contributed by atoms with Crippen molar-refractivity contribution >= 4 is 40.7 Å². The molecule has 0 saturated carbocycles. The molecular formula is C15H18Cl2N2O2. The van der Waals surface area contributed by atoms with E-state index in [0.29, 0.717) is 22.2 Å². The molecule has 6 heteroatoms. The lowest BCUT2D eigenvalue weighted by molar-refractivity contribution is -0.134. The maximum Gasteiger partial charge on any atom is 0.250 e. The first-order valence-electron chi connectivity index (χ1n) is 6.95. The van der Waals surface area contributed by atoms with Crippen molar-refractivity contribution in [3.8, 4) is 0 Å². The first-order valence-corrected chi connectivity index (χ1v) is 7.71. The standard InChI is InChI=1S/C15H18Cl2N2O2/c1-4-12-15(21)19(13(8(2)3)14(20)18-12)9-5-6-10(16)11(17)7-9/h5-8,12-13H,4H2,1-3H3,(H,18,20). The minimum atomic E-state index is -0.544. The van der Waals surface area contributed by atoms with Gasteiger partial charge in [0.25, 0.3) is 0 Å². The van der Waals surface area contributed by atoms with Gasteiger partial charge in [-0.2, -0.15) is 0 Å². The fraction of sp³-hybridized carbons (Fsp3) is 0.467. The molecule has 2 rings (SSSR count). The van der Waals surface area contributed by atoms with Gasteiger partial charge in [0, 0.05) is 5.69 Å². The molecule has 1 saturated heterocycles. The van der Waals surface area contributed by atoms with Crippen molar-refractivity contribution in [3.63, 3.8) is 0 Å². The highest BCUT2D eigenvalue weighted by Gasteiger charge is 2.42. The Kier molecular flexibility index (Phi) is 4.79. The maximum atomic E-state index is 12.6. The molecule has 0 radical (unpaired) electrons. The third-order valence-electron chi connectivity index (χ3n) is 3.62. The average molecular weight is 329 g/mol. The summed E-state index contributed by atoms with van der Waals surface area (Å²) < 4.78 is 0. The summed E-state index contributed by atoms with van der Waals surface area (Å²) in [5.41, 5.74) is 0.599. The molecule has 21 heavy (non-hydrogen) atoms. The normalized spacial score (nSPS) is 22.7. The number of hydrogen-bond donors (Lipinski definition) is 1. The minimum Gasteiger partial charge on any atom is -0.342 e. The third kappa shape index (κ3) is 3.01. The van der Waals surface area contributed by atoms with Gasteiger partial charge in [0.1, 0.15) is 12.1 Å². The van der Waals surface area contributed by atoms with E-state index >= 15 is 0 Å². The Balaban J connectivity index is 2.49. The zero-order valence-corrected chi connectivity index (χ0v) is 13.7. The summed E-state index contributed by atoms with van der Waals surface area (Å²) in [6, 6.07) is 3.94. The number of rotatable bonds is 3. The fourth-order valence-corrected chi connectivity index (χ4v) is 2.83. The van der Waals surface area contributed by atoms with Crippen LogP contribution in [-0.2, 0) is 9.59 Å². The van der Waals surface area contributed by atoms with Crippen LogP contribution >= 0.6 is 23.2 Å². The highest BCUT2D eigenvalue weighted by molar-refractivity contribution is 6.42. The van der Waals surface area contributed by atoms with Crippen LogP contribution in [0.3, 0.4) is 0 Å². The quantitative estimate of drug-likeness (QED) is 0.925. The van der Waals surface area contributed by atoms with Crippen molar-refractivity contribution < 1.29 is 9.59 Å². The monoisotopic (exact) mass is 328 g/mol. The van der Waals surface area contributed by atoms with Gasteiger partial charge in [-0.25, -0.2) is 0 Å².